The van der Waals surface area contributed by atoms with Crippen LogP contribution in [0.4, 0.5) is 17.1 Å². The summed E-state index contributed by atoms with van der Waals surface area (Å²) in [5.74, 6) is -0.209. The van der Waals surface area contributed by atoms with Gasteiger partial charge in [0.05, 0.1) is 28.7 Å². The van der Waals surface area contributed by atoms with E-state index in [2.05, 4.69) is 15.8 Å². The van der Waals surface area contributed by atoms with Crippen LogP contribution in [0, 0.1) is 20.2 Å². The van der Waals surface area contributed by atoms with Gasteiger partial charge in [-0.3, -0.25) is 25.0 Å². The molecule has 0 aliphatic rings. The van der Waals surface area contributed by atoms with Crippen LogP contribution in [0.1, 0.15) is 5.56 Å². The standard InChI is InChI=1S/C21H16ClN5O6/c22-15-3-5-16(6-4-15)23-13-21(28)25-24-12-14-1-8-18(9-2-14)33-20-10-7-17(26(29)30)11-19(20)27(31)32/h1-12,23H,13H2,(H,25,28)/b24-12-. The molecular formula is C21H16ClN5O6. The summed E-state index contributed by atoms with van der Waals surface area (Å²) in [5, 5.41) is 29.4. The van der Waals surface area contributed by atoms with Crippen LogP contribution in [-0.4, -0.2) is 28.5 Å². The van der Waals surface area contributed by atoms with Crippen LogP contribution >= 0.6 is 11.6 Å². The number of carbonyl (C=O) groups is 1. The van der Waals surface area contributed by atoms with Gasteiger partial charge in [0.1, 0.15) is 5.75 Å². The van der Waals surface area contributed by atoms with Gasteiger partial charge in [0.2, 0.25) is 5.75 Å². The van der Waals surface area contributed by atoms with Gasteiger partial charge >= 0.3 is 5.69 Å². The average molecular weight is 470 g/mol. The largest absolute Gasteiger partial charge is 0.450 e. The molecule has 0 unspecified atom stereocenters. The van der Waals surface area contributed by atoms with Gasteiger partial charge in [0.15, 0.2) is 0 Å². The third kappa shape index (κ3) is 6.74. The van der Waals surface area contributed by atoms with Crippen molar-refractivity contribution >= 4 is 40.8 Å². The predicted molar refractivity (Wildman–Crippen MR) is 122 cm³/mol. The van der Waals surface area contributed by atoms with Crippen LogP contribution in [0.3, 0.4) is 0 Å². The Kier molecular flexibility index (Phi) is 7.50. The van der Waals surface area contributed by atoms with E-state index in [4.69, 9.17) is 16.3 Å². The SMILES string of the molecule is O=C(CNc1ccc(Cl)cc1)N/N=C\c1ccc(Oc2ccc([N+](=O)[O-])cc2[N+](=O)[O-])cc1. The highest BCUT2D eigenvalue weighted by Gasteiger charge is 2.21. The summed E-state index contributed by atoms with van der Waals surface area (Å²) in [6.45, 7) is 0.0137. The molecule has 0 saturated heterocycles. The van der Waals surface area contributed by atoms with Crippen LogP contribution in [0.2, 0.25) is 5.02 Å². The smallest absolute Gasteiger partial charge is 0.318 e. The van der Waals surface area contributed by atoms with Gasteiger partial charge in [-0.15, -0.1) is 0 Å². The summed E-state index contributed by atoms with van der Waals surface area (Å²) in [6, 6.07) is 16.3. The average Bonchev–Trinajstić information content (AvgIpc) is 2.80. The number of anilines is 1. The number of nitro groups is 2. The van der Waals surface area contributed by atoms with E-state index in [1.165, 1.54) is 24.4 Å². The Morgan fingerprint density at radius 3 is 2.33 bits per heavy atom. The molecule has 0 aliphatic carbocycles. The molecule has 3 rings (SSSR count). The molecule has 3 aromatic rings. The van der Waals surface area contributed by atoms with Gasteiger partial charge in [-0.1, -0.05) is 11.6 Å². The van der Waals surface area contributed by atoms with E-state index in [9.17, 15) is 25.0 Å². The molecule has 0 aromatic heterocycles. The number of nitrogens with zero attached hydrogens (tertiary/aromatic N) is 3. The lowest BCUT2D eigenvalue weighted by Crippen LogP contribution is -2.25. The minimum absolute atomic E-state index is 0.0137. The van der Waals surface area contributed by atoms with Crippen molar-refractivity contribution in [2.75, 3.05) is 11.9 Å². The van der Waals surface area contributed by atoms with Crippen molar-refractivity contribution in [2.24, 2.45) is 5.10 Å². The Hall–Kier alpha value is -4.51. The maximum atomic E-state index is 11.9. The fourth-order valence-corrected chi connectivity index (χ4v) is 2.69. The minimum Gasteiger partial charge on any atom is -0.450 e. The van der Waals surface area contributed by atoms with Crippen LogP contribution < -0.4 is 15.5 Å². The normalized spacial score (nSPS) is 10.6. The van der Waals surface area contributed by atoms with Crippen molar-refractivity contribution in [3.05, 3.63) is 97.5 Å². The molecule has 0 spiro atoms. The predicted octanol–water partition coefficient (Wildman–Crippen LogP) is 4.51. The summed E-state index contributed by atoms with van der Waals surface area (Å²) in [6.07, 6.45) is 1.41. The molecular weight excluding hydrogens is 454 g/mol. The first-order chi connectivity index (χ1) is 15.8. The molecule has 33 heavy (non-hydrogen) atoms. The number of hydrazone groups is 1. The molecule has 3 aromatic carbocycles. The molecule has 0 saturated carbocycles. The lowest BCUT2D eigenvalue weighted by atomic mass is 10.2. The Labute approximate surface area is 191 Å². The number of nitro benzene ring substituents is 2. The third-order valence-electron chi connectivity index (χ3n) is 4.16. The number of hydrogen-bond donors (Lipinski definition) is 2. The molecule has 168 valence electrons. The topological polar surface area (TPSA) is 149 Å². The Balaban J connectivity index is 1.55. The molecule has 0 bridgehead atoms. The van der Waals surface area contributed by atoms with Gasteiger partial charge in [-0.25, -0.2) is 5.43 Å². The number of non-ortho nitro benzene ring substituents is 1. The second-order valence-corrected chi connectivity index (χ2v) is 6.93. The van der Waals surface area contributed by atoms with Gasteiger partial charge in [-0.05, 0) is 60.2 Å². The molecule has 0 fully saturated rings. The van der Waals surface area contributed by atoms with E-state index in [1.54, 1.807) is 36.4 Å². The van der Waals surface area contributed by atoms with Crippen molar-refractivity contribution in [1.29, 1.82) is 0 Å². The van der Waals surface area contributed by atoms with E-state index in [-0.39, 0.29) is 24.0 Å². The van der Waals surface area contributed by atoms with Crippen LogP contribution in [-0.2, 0) is 4.79 Å². The van der Waals surface area contributed by atoms with E-state index < -0.39 is 21.2 Å². The number of halogens is 1. The van der Waals surface area contributed by atoms with Crippen LogP contribution in [0.5, 0.6) is 11.5 Å². The van der Waals surface area contributed by atoms with Gasteiger partial charge < -0.3 is 10.1 Å². The molecule has 0 heterocycles. The van der Waals surface area contributed by atoms with Crippen molar-refractivity contribution in [2.45, 2.75) is 0 Å². The molecule has 2 N–H and O–H groups in total. The maximum absolute atomic E-state index is 11.9. The highest BCUT2D eigenvalue weighted by atomic mass is 35.5. The lowest BCUT2D eigenvalue weighted by Gasteiger charge is -2.06. The molecule has 0 radical (unpaired) electrons. The maximum Gasteiger partial charge on any atom is 0.318 e. The second kappa shape index (κ2) is 10.7. The molecule has 11 nitrogen and oxygen atoms in total. The number of amides is 1. The van der Waals surface area contributed by atoms with Gasteiger partial charge in [-0.2, -0.15) is 5.10 Å². The van der Waals surface area contributed by atoms with E-state index in [1.807, 2.05) is 0 Å². The summed E-state index contributed by atoms with van der Waals surface area (Å²) >= 11 is 5.80. The molecule has 0 aliphatic heterocycles. The highest BCUT2D eigenvalue weighted by Crippen LogP contribution is 2.34. The zero-order valence-electron chi connectivity index (χ0n) is 16.8. The fourth-order valence-electron chi connectivity index (χ4n) is 2.57. The van der Waals surface area contributed by atoms with Crippen molar-refractivity contribution < 1.29 is 19.4 Å². The van der Waals surface area contributed by atoms with Crippen LogP contribution in [0.25, 0.3) is 0 Å². The monoisotopic (exact) mass is 469 g/mol. The number of benzene rings is 3. The number of nitrogens with one attached hydrogen (secondary N) is 2. The zero-order valence-corrected chi connectivity index (χ0v) is 17.6. The summed E-state index contributed by atoms with van der Waals surface area (Å²) < 4.78 is 5.49. The van der Waals surface area contributed by atoms with Gasteiger partial charge in [0.25, 0.3) is 11.6 Å². The van der Waals surface area contributed by atoms with Crippen molar-refractivity contribution in [1.82, 2.24) is 5.43 Å². The first kappa shape index (κ1) is 23.2. The summed E-state index contributed by atoms with van der Waals surface area (Å²) in [7, 11) is 0. The van der Waals surface area contributed by atoms with Crippen molar-refractivity contribution in [3.63, 3.8) is 0 Å². The van der Waals surface area contributed by atoms with E-state index in [0.717, 1.165) is 17.8 Å². The quantitative estimate of drug-likeness (QED) is 0.266. The Morgan fingerprint density at radius 2 is 1.70 bits per heavy atom. The first-order valence-electron chi connectivity index (χ1n) is 9.34. The van der Waals surface area contributed by atoms with E-state index >= 15 is 0 Å². The number of carbonyl (C=O) groups excluding carboxylic acids is 1. The fraction of sp³-hybridized carbons (Fsp3) is 0.0476. The number of rotatable bonds is 9. The molecule has 1 amide bonds. The number of ether oxygens (including phenoxy) is 1. The minimum atomic E-state index is -0.756. The van der Waals surface area contributed by atoms with Crippen molar-refractivity contribution in [3.8, 4) is 11.5 Å². The summed E-state index contributed by atoms with van der Waals surface area (Å²) in [4.78, 5) is 32.4. The molecule has 0 atom stereocenters. The third-order valence-corrected chi connectivity index (χ3v) is 4.41. The highest BCUT2D eigenvalue weighted by molar-refractivity contribution is 6.30. The Bertz CT molecular complexity index is 1200. The summed E-state index contributed by atoms with van der Waals surface area (Å²) in [5.41, 5.74) is 2.82. The second-order valence-electron chi connectivity index (χ2n) is 6.49. The van der Waals surface area contributed by atoms with E-state index in [0.29, 0.717) is 10.6 Å². The van der Waals surface area contributed by atoms with Gasteiger partial charge in [0, 0.05) is 16.8 Å². The first-order valence-corrected chi connectivity index (χ1v) is 9.72. The molecule has 12 heteroatoms. The Morgan fingerprint density at radius 1 is 1.00 bits per heavy atom. The lowest BCUT2D eigenvalue weighted by molar-refractivity contribution is -0.394. The van der Waals surface area contributed by atoms with Crippen LogP contribution in [0.15, 0.2) is 71.8 Å². The number of hydrogen-bond acceptors (Lipinski definition) is 8. The zero-order chi connectivity index (χ0) is 23.8.